The average molecular weight is 484 g/mol. The van der Waals surface area contributed by atoms with E-state index in [9.17, 15) is 4.79 Å². The smallest absolute Gasteiger partial charge is 0.399 e. The highest BCUT2D eigenvalue weighted by Gasteiger charge is 2.51. The minimum atomic E-state index is -0.416. The lowest BCUT2D eigenvalue weighted by Crippen LogP contribution is -2.41. The molecule has 1 aliphatic heterocycles. The van der Waals surface area contributed by atoms with Crippen molar-refractivity contribution in [2.75, 3.05) is 0 Å². The van der Waals surface area contributed by atoms with Crippen LogP contribution in [0.3, 0.4) is 0 Å². The fraction of sp³-hybridized carbons (Fsp3) is 0.393. The van der Waals surface area contributed by atoms with Gasteiger partial charge in [0.2, 0.25) is 0 Å². The summed E-state index contributed by atoms with van der Waals surface area (Å²) in [6, 6.07) is 16.2. The largest absolute Gasteiger partial charge is 0.494 e. The summed E-state index contributed by atoms with van der Waals surface area (Å²) < 4.78 is 15.7. The van der Waals surface area contributed by atoms with Crippen molar-refractivity contribution in [1.82, 2.24) is 19.1 Å². The Labute approximate surface area is 212 Å². The second-order valence-corrected chi connectivity index (χ2v) is 10.9. The lowest BCUT2D eigenvalue weighted by atomic mass is 9.79. The molecule has 0 atom stereocenters. The number of fused-ring (bicyclic) bond motifs is 1. The van der Waals surface area contributed by atoms with Gasteiger partial charge in [0.25, 0.3) is 0 Å². The molecule has 5 rings (SSSR count). The van der Waals surface area contributed by atoms with Crippen LogP contribution in [-0.4, -0.2) is 37.4 Å². The summed E-state index contributed by atoms with van der Waals surface area (Å²) >= 11 is 0. The SMILES string of the molecule is CC(C)c1ccccc1-c1ncc2c(n1)n(Cc1ccc(B3OC(C)(C)C(C)(C)O3)cc1)c(=O)n2C. The standard InChI is InChI=1S/C28H33BN4O3/c1-18(2)21-10-8-9-11-22(21)24-30-16-23-25(31-24)33(26(34)32(23)7)17-19-12-14-20(15-13-19)29-35-27(3,4)28(5,6)36-29/h8-16,18H,17H2,1-7H3. The van der Waals surface area contributed by atoms with Crippen molar-refractivity contribution in [1.29, 1.82) is 0 Å². The van der Waals surface area contributed by atoms with Gasteiger partial charge in [-0.15, -0.1) is 0 Å². The first-order chi connectivity index (χ1) is 17.0. The predicted octanol–water partition coefficient (Wildman–Crippen LogP) is 4.27. The molecule has 3 heterocycles. The van der Waals surface area contributed by atoms with E-state index in [4.69, 9.17) is 14.3 Å². The van der Waals surface area contributed by atoms with Crippen molar-refractivity contribution >= 4 is 23.7 Å². The number of hydrogen-bond acceptors (Lipinski definition) is 5. The van der Waals surface area contributed by atoms with Gasteiger partial charge >= 0.3 is 12.8 Å². The molecule has 1 aliphatic rings. The van der Waals surface area contributed by atoms with E-state index in [2.05, 4.69) is 24.9 Å². The number of rotatable bonds is 5. The van der Waals surface area contributed by atoms with Crippen molar-refractivity contribution < 1.29 is 9.31 Å². The van der Waals surface area contributed by atoms with E-state index in [0.717, 1.165) is 16.6 Å². The summed E-state index contributed by atoms with van der Waals surface area (Å²) in [5, 5.41) is 0. The minimum absolute atomic E-state index is 0.122. The highest BCUT2D eigenvalue weighted by Crippen LogP contribution is 2.36. The van der Waals surface area contributed by atoms with Crippen molar-refractivity contribution in [3.05, 3.63) is 76.3 Å². The zero-order chi connectivity index (χ0) is 25.8. The highest BCUT2D eigenvalue weighted by atomic mass is 16.7. The number of nitrogens with zero attached hydrogens (tertiary/aromatic N) is 4. The second kappa shape index (κ2) is 8.71. The fourth-order valence-electron chi connectivity index (χ4n) is 4.59. The van der Waals surface area contributed by atoms with Gasteiger partial charge in [0, 0.05) is 12.6 Å². The van der Waals surface area contributed by atoms with Crippen LogP contribution in [-0.2, 0) is 22.9 Å². The van der Waals surface area contributed by atoms with Crippen molar-refractivity contribution in [3.63, 3.8) is 0 Å². The summed E-state index contributed by atoms with van der Waals surface area (Å²) in [6.07, 6.45) is 1.74. The molecule has 4 aromatic rings. The van der Waals surface area contributed by atoms with E-state index in [1.165, 1.54) is 5.56 Å². The normalized spacial score (nSPS) is 16.8. The summed E-state index contributed by atoms with van der Waals surface area (Å²) in [5.41, 5.74) is 4.55. The Morgan fingerprint density at radius 1 is 0.972 bits per heavy atom. The Bertz CT molecular complexity index is 1470. The van der Waals surface area contributed by atoms with Gasteiger partial charge in [-0.2, -0.15) is 0 Å². The van der Waals surface area contributed by atoms with Gasteiger partial charge in [-0.1, -0.05) is 62.4 Å². The third-order valence-electron chi connectivity index (χ3n) is 7.55. The van der Waals surface area contributed by atoms with E-state index in [0.29, 0.717) is 29.5 Å². The molecule has 0 radical (unpaired) electrons. The molecule has 8 heteroatoms. The first-order valence-corrected chi connectivity index (χ1v) is 12.4. The number of aryl methyl sites for hydroxylation is 1. The molecule has 0 saturated carbocycles. The van der Waals surface area contributed by atoms with Crippen LogP contribution in [0.1, 0.15) is 58.6 Å². The first kappa shape index (κ1) is 24.5. The monoisotopic (exact) mass is 484 g/mol. The van der Waals surface area contributed by atoms with Gasteiger partial charge in [-0.05, 0) is 50.2 Å². The molecule has 2 aromatic carbocycles. The van der Waals surface area contributed by atoms with Crippen LogP contribution in [0.4, 0.5) is 0 Å². The molecule has 7 nitrogen and oxygen atoms in total. The zero-order valence-corrected chi connectivity index (χ0v) is 22.1. The number of hydrogen-bond donors (Lipinski definition) is 0. The molecular formula is C28H33BN4O3. The van der Waals surface area contributed by atoms with Crippen molar-refractivity contribution in [2.45, 2.75) is 65.2 Å². The summed E-state index contributed by atoms with van der Waals surface area (Å²) in [5.74, 6) is 0.961. The van der Waals surface area contributed by atoms with Crippen LogP contribution in [0, 0.1) is 0 Å². The van der Waals surface area contributed by atoms with Crippen LogP contribution < -0.4 is 11.2 Å². The van der Waals surface area contributed by atoms with E-state index in [-0.39, 0.29) is 5.69 Å². The topological polar surface area (TPSA) is 71.2 Å². The zero-order valence-electron chi connectivity index (χ0n) is 22.1. The van der Waals surface area contributed by atoms with Crippen LogP contribution in [0.2, 0.25) is 0 Å². The minimum Gasteiger partial charge on any atom is -0.399 e. The van der Waals surface area contributed by atoms with E-state index >= 15 is 0 Å². The maximum atomic E-state index is 13.2. The molecule has 0 bridgehead atoms. The number of aromatic nitrogens is 4. The molecule has 2 aromatic heterocycles. The summed E-state index contributed by atoms with van der Waals surface area (Å²) in [6.45, 7) is 12.9. The Morgan fingerprint density at radius 3 is 2.25 bits per heavy atom. The van der Waals surface area contributed by atoms with Gasteiger partial charge in [0.15, 0.2) is 11.5 Å². The van der Waals surface area contributed by atoms with Gasteiger partial charge in [0.05, 0.1) is 23.9 Å². The molecule has 0 unspecified atom stereocenters. The third kappa shape index (κ3) is 4.08. The van der Waals surface area contributed by atoms with E-state index in [1.54, 1.807) is 22.4 Å². The van der Waals surface area contributed by atoms with Crippen molar-refractivity contribution in [2.24, 2.45) is 7.05 Å². The molecule has 36 heavy (non-hydrogen) atoms. The third-order valence-corrected chi connectivity index (χ3v) is 7.55. The average Bonchev–Trinajstić information content (AvgIpc) is 3.21. The van der Waals surface area contributed by atoms with Crippen LogP contribution in [0.25, 0.3) is 22.6 Å². The molecule has 0 spiro atoms. The Morgan fingerprint density at radius 2 is 1.61 bits per heavy atom. The molecule has 0 amide bonds. The maximum Gasteiger partial charge on any atom is 0.494 e. The number of benzene rings is 2. The second-order valence-electron chi connectivity index (χ2n) is 10.9. The first-order valence-electron chi connectivity index (χ1n) is 12.4. The predicted molar refractivity (Wildman–Crippen MR) is 144 cm³/mol. The Balaban J connectivity index is 1.48. The van der Waals surface area contributed by atoms with Gasteiger partial charge in [-0.3, -0.25) is 9.13 Å². The van der Waals surface area contributed by atoms with Crippen LogP contribution >= 0.6 is 0 Å². The summed E-state index contributed by atoms with van der Waals surface area (Å²) in [4.78, 5) is 22.6. The summed E-state index contributed by atoms with van der Waals surface area (Å²) in [7, 11) is 1.34. The lowest BCUT2D eigenvalue weighted by Gasteiger charge is -2.32. The van der Waals surface area contributed by atoms with Crippen LogP contribution in [0.15, 0.2) is 59.5 Å². The molecule has 0 N–H and O–H groups in total. The molecule has 1 fully saturated rings. The van der Waals surface area contributed by atoms with Gasteiger partial charge in [0.1, 0.15) is 5.52 Å². The number of imidazole rings is 1. The quantitative estimate of drug-likeness (QED) is 0.396. The molecule has 186 valence electrons. The van der Waals surface area contributed by atoms with Gasteiger partial charge < -0.3 is 9.31 Å². The van der Waals surface area contributed by atoms with Crippen LogP contribution in [0.5, 0.6) is 0 Å². The van der Waals surface area contributed by atoms with E-state index in [1.807, 2.05) is 70.2 Å². The molecular weight excluding hydrogens is 451 g/mol. The van der Waals surface area contributed by atoms with Gasteiger partial charge in [-0.25, -0.2) is 14.8 Å². The lowest BCUT2D eigenvalue weighted by molar-refractivity contribution is 0.00578. The van der Waals surface area contributed by atoms with E-state index < -0.39 is 18.3 Å². The Kier molecular flexibility index (Phi) is 5.92. The van der Waals surface area contributed by atoms with Crippen molar-refractivity contribution in [3.8, 4) is 11.4 Å². The highest BCUT2D eigenvalue weighted by molar-refractivity contribution is 6.62. The molecule has 1 saturated heterocycles. The molecule has 0 aliphatic carbocycles. The maximum absolute atomic E-state index is 13.2. The fourth-order valence-corrected chi connectivity index (χ4v) is 4.59. The Hall–Kier alpha value is -3.23.